The summed E-state index contributed by atoms with van der Waals surface area (Å²) in [4.78, 5) is 10.7. The third-order valence-corrected chi connectivity index (χ3v) is 3.33. The minimum absolute atomic E-state index is 0.202. The molecule has 0 saturated heterocycles. The van der Waals surface area contributed by atoms with Crippen LogP contribution >= 0.6 is 0 Å². The van der Waals surface area contributed by atoms with E-state index in [9.17, 15) is 10.1 Å². The van der Waals surface area contributed by atoms with Crippen LogP contribution in [-0.4, -0.2) is 4.92 Å². The number of hydrogen-bond acceptors (Lipinski definition) is 2. The van der Waals surface area contributed by atoms with Crippen LogP contribution in [0.25, 0.3) is 0 Å². The van der Waals surface area contributed by atoms with E-state index >= 15 is 0 Å². The average molecular weight is 187 g/mol. The standard InChI is InChI=1S/C11H9NO2/c13-12(14)10-3-1-2-9-6-8-4-5-11(9,10)7-8/h1-6,9H,7H2. The molecule has 0 saturated carbocycles. The highest BCUT2D eigenvalue weighted by Gasteiger charge is 2.52. The highest BCUT2D eigenvalue weighted by Crippen LogP contribution is 2.55. The number of rotatable bonds is 1. The molecule has 0 aromatic carbocycles. The Morgan fingerprint density at radius 1 is 1.57 bits per heavy atom. The zero-order valence-electron chi connectivity index (χ0n) is 7.51. The molecule has 3 rings (SSSR count). The third kappa shape index (κ3) is 0.726. The first-order valence-electron chi connectivity index (χ1n) is 4.66. The Hall–Kier alpha value is -1.64. The lowest BCUT2D eigenvalue weighted by Crippen LogP contribution is -2.29. The van der Waals surface area contributed by atoms with Crippen molar-refractivity contribution in [2.45, 2.75) is 6.42 Å². The fourth-order valence-electron chi connectivity index (χ4n) is 2.66. The summed E-state index contributed by atoms with van der Waals surface area (Å²) < 4.78 is 0. The van der Waals surface area contributed by atoms with Gasteiger partial charge < -0.3 is 0 Å². The molecule has 0 heterocycles. The Bertz CT molecular complexity index is 442. The van der Waals surface area contributed by atoms with Crippen LogP contribution in [0.15, 0.2) is 47.7 Å². The monoisotopic (exact) mass is 187 g/mol. The van der Waals surface area contributed by atoms with E-state index in [-0.39, 0.29) is 16.3 Å². The number of nitrogens with zero attached hydrogens (tertiary/aromatic N) is 1. The maximum Gasteiger partial charge on any atom is 0.257 e. The predicted molar refractivity (Wildman–Crippen MR) is 52.0 cm³/mol. The van der Waals surface area contributed by atoms with E-state index < -0.39 is 0 Å². The topological polar surface area (TPSA) is 43.1 Å². The Morgan fingerprint density at radius 3 is 3.14 bits per heavy atom. The quantitative estimate of drug-likeness (QED) is 0.466. The lowest BCUT2D eigenvalue weighted by Gasteiger charge is -2.28. The van der Waals surface area contributed by atoms with Crippen molar-refractivity contribution in [1.82, 2.24) is 0 Å². The molecular weight excluding hydrogens is 178 g/mol. The molecule has 3 aliphatic rings. The molecule has 0 fully saturated rings. The number of nitro groups is 1. The summed E-state index contributed by atoms with van der Waals surface area (Å²) in [7, 11) is 0. The highest BCUT2D eigenvalue weighted by molar-refractivity contribution is 5.48. The van der Waals surface area contributed by atoms with Crippen LogP contribution in [0.3, 0.4) is 0 Å². The fraction of sp³-hybridized carbons (Fsp3) is 0.273. The zero-order valence-corrected chi connectivity index (χ0v) is 7.51. The van der Waals surface area contributed by atoms with Crippen molar-refractivity contribution in [3.63, 3.8) is 0 Å². The summed E-state index contributed by atoms with van der Waals surface area (Å²) >= 11 is 0. The molecule has 0 aromatic rings. The Balaban J connectivity index is 2.17. The molecule has 3 aliphatic carbocycles. The lowest BCUT2D eigenvalue weighted by molar-refractivity contribution is -0.439. The summed E-state index contributed by atoms with van der Waals surface area (Å²) in [6.07, 6.45) is 12.4. The molecule has 1 spiro atoms. The van der Waals surface area contributed by atoms with Gasteiger partial charge in [0, 0.05) is 12.0 Å². The predicted octanol–water partition coefficient (Wildman–Crippen LogP) is 2.22. The molecule has 3 heteroatoms. The van der Waals surface area contributed by atoms with Crippen molar-refractivity contribution in [2.24, 2.45) is 11.3 Å². The number of fused-ring (bicyclic) bond motifs is 1. The van der Waals surface area contributed by atoms with E-state index in [0.29, 0.717) is 5.70 Å². The van der Waals surface area contributed by atoms with Crippen molar-refractivity contribution in [3.8, 4) is 0 Å². The van der Waals surface area contributed by atoms with Gasteiger partial charge in [-0.3, -0.25) is 10.1 Å². The molecular formula is C11H9NO2. The van der Waals surface area contributed by atoms with Crippen LogP contribution in [0.5, 0.6) is 0 Å². The molecule has 3 nitrogen and oxygen atoms in total. The van der Waals surface area contributed by atoms with Crippen molar-refractivity contribution in [2.75, 3.05) is 0 Å². The Morgan fingerprint density at radius 2 is 2.43 bits per heavy atom. The van der Waals surface area contributed by atoms with E-state index in [0.717, 1.165) is 6.42 Å². The smallest absolute Gasteiger partial charge is 0.257 e. The first-order chi connectivity index (χ1) is 6.72. The van der Waals surface area contributed by atoms with Gasteiger partial charge in [-0.25, -0.2) is 0 Å². The van der Waals surface area contributed by atoms with Gasteiger partial charge in [0.05, 0.1) is 10.3 Å². The molecule has 2 atom stereocenters. The van der Waals surface area contributed by atoms with E-state index in [1.54, 1.807) is 12.2 Å². The van der Waals surface area contributed by atoms with Crippen LogP contribution in [0.1, 0.15) is 6.42 Å². The van der Waals surface area contributed by atoms with Gasteiger partial charge >= 0.3 is 0 Å². The largest absolute Gasteiger partial charge is 0.259 e. The third-order valence-electron chi connectivity index (χ3n) is 3.33. The normalized spacial score (nSPS) is 36.7. The average Bonchev–Trinajstić information content (AvgIpc) is 2.71. The minimum Gasteiger partial charge on any atom is -0.259 e. The second-order valence-electron chi connectivity index (χ2n) is 4.01. The first-order valence-corrected chi connectivity index (χ1v) is 4.66. The summed E-state index contributed by atoms with van der Waals surface area (Å²) in [5, 5.41) is 10.9. The Kier molecular flexibility index (Phi) is 1.23. The van der Waals surface area contributed by atoms with Crippen molar-refractivity contribution >= 4 is 0 Å². The SMILES string of the molecule is O=[N+]([O-])C1=CC=CC2C=C3C=CC12C3. The van der Waals surface area contributed by atoms with Crippen LogP contribution in [0.4, 0.5) is 0 Å². The van der Waals surface area contributed by atoms with Crippen LogP contribution < -0.4 is 0 Å². The minimum atomic E-state index is -0.354. The summed E-state index contributed by atoms with van der Waals surface area (Å²) in [5.74, 6) is 0.202. The van der Waals surface area contributed by atoms with Crippen LogP contribution in [0, 0.1) is 21.4 Å². The molecule has 70 valence electrons. The van der Waals surface area contributed by atoms with Gasteiger partial charge in [-0.05, 0) is 6.42 Å². The van der Waals surface area contributed by atoms with Gasteiger partial charge in [0.25, 0.3) is 5.70 Å². The maximum absolute atomic E-state index is 10.9. The van der Waals surface area contributed by atoms with Gasteiger partial charge in [-0.1, -0.05) is 36.0 Å². The second-order valence-corrected chi connectivity index (χ2v) is 4.01. The van der Waals surface area contributed by atoms with Gasteiger partial charge in [0.15, 0.2) is 0 Å². The second kappa shape index (κ2) is 2.23. The van der Waals surface area contributed by atoms with Gasteiger partial charge in [0.1, 0.15) is 0 Å². The van der Waals surface area contributed by atoms with E-state index in [4.69, 9.17) is 0 Å². The van der Waals surface area contributed by atoms with Gasteiger partial charge in [-0.15, -0.1) is 0 Å². The highest BCUT2D eigenvalue weighted by atomic mass is 16.6. The first kappa shape index (κ1) is 7.74. The lowest BCUT2D eigenvalue weighted by atomic mass is 9.73. The van der Waals surface area contributed by atoms with Crippen LogP contribution in [0.2, 0.25) is 0 Å². The van der Waals surface area contributed by atoms with Gasteiger partial charge in [0.2, 0.25) is 0 Å². The number of hydrogen-bond donors (Lipinski definition) is 0. The summed E-state index contributed by atoms with van der Waals surface area (Å²) in [6, 6.07) is 0. The molecule has 0 aromatic heterocycles. The molecule has 0 aliphatic heterocycles. The summed E-state index contributed by atoms with van der Waals surface area (Å²) in [6.45, 7) is 0. The van der Waals surface area contributed by atoms with E-state index in [1.807, 2.05) is 18.2 Å². The Labute approximate surface area is 81.3 Å². The fourth-order valence-corrected chi connectivity index (χ4v) is 2.66. The van der Waals surface area contributed by atoms with Crippen molar-refractivity contribution in [1.29, 1.82) is 0 Å². The molecule has 2 bridgehead atoms. The van der Waals surface area contributed by atoms with Crippen molar-refractivity contribution in [3.05, 3.63) is 57.8 Å². The van der Waals surface area contributed by atoms with Gasteiger partial charge in [-0.2, -0.15) is 0 Å². The maximum atomic E-state index is 10.9. The summed E-state index contributed by atoms with van der Waals surface area (Å²) in [5.41, 5.74) is 1.22. The number of allylic oxidation sites excluding steroid dienone is 7. The zero-order chi connectivity index (χ0) is 9.76. The van der Waals surface area contributed by atoms with Crippen LogP contribution in [-0.2, 0) is 0 Å². The van der Waals surface area contributed by atoms with Crippen molar-refractivity contribution < 1.29 is 4.92 Å². The van der Waals surface area contributed by atoms with E-state index in [2.05, 4.69) is 6.08 Å². The van der Waals surface area contributed by atoms with E-state index in [1.165, 1.54) is 5.57 Å². The molecule has 0 amide bonds. The molecule has 2 unspecified atom stereocenters. The molecule has 14 heavy (non-hydrogen) atoms. The molecule has 0 N–H and O–H groups in total. The molecule has 0 radical (unpaired) electrons.